The molecular weight excluding hydrogens is 214 g/mol. The SMILES string of the molecule is CC(C)N(C)C(=O)c1cccc(C#CCO)c1. The molecule has 0 heterocycles. The van der Waals surface area contributed by atoms with Crippen molar-refractivity contribution in [3.8, 4) is 11.8 Å². The third kappa shape index (κ3) is 3.61. The second-order valence-electron chi connectivity index (χ2n) is 4.05. The van der Waals surface area contributed by atoms with E-state index in [4.69, 9.17) is 5.11 Å². The Morgan fingerprint density at radius 3 is 2.76 bits per heavy atom. The maximum Gasteiger partial charge on any atom is 0.253 e. The Morgan fingerprint density at radius 2 is 2.18 bits per heavy atom. The van der Waals surface area contributed by atoms with Gasteiger partial charge in [-0.25, -0.2) is 0 Å². The zero-order valence-electron chi connectivity index (χ0n) is 10.4. The van der Waals surface area contributed by atoms with Crippen LogP contribution in [0.25, 0.3) is 0 Å². The van der Waals surface area contributed by atoms with E-state index in [9.17, 15) is 4.79 Å². The molecule has 0 atom stereocenters. The first-order chi connectivity index (χ1) is 8.06. The molecule has 3 heteroatoms. The Kier molecular flexibility index (Phi) is 4.74. The van der Waals surface area contributed by atoms with Crippen molar-refractivity contribution in [3.63, 3.8) is 0 Å². The number of amides is 1. The first-order valence-electron chi connectivity index (χ1n) is 5.53. The number of aliphatic hydroxyl groups excluding tert-OH is 1. The molecule has 1 amide bonds. The lowest BCUT2D eigenvalue weighted by molar-refractivity contribution is 0.0755. The molecule has 1 N–H and O–H groups in total. The fraction of sp³-hybridized carbons (Fsp3) is 0.357. The van der Waals surface area contributed by atoms with Crippen LogP contribution < -0.4 is 0 Å². The Bertz CT molecular complexity index is 455. The molecule has 0 aliphatic carbocycles. The molecular formula is C14H17NO2. The van der Waals surface area contributed by atoms with Crippen LogP contribution in [-0.4, -0.2) is 35.6 Å². The number of hydrogen-bond donors (Lipinski definition) is 1. The Labute approximate surface area is 102 Å². The van der Waals surface area contributed by atoms with Crippen LogP contribution >= 0.6 is 0 Å². The van der Waals surface area contributed by atoms with E-state index in [2.05, 4.69) is 11.8 Å². The van der Waals surface area contributed by atoms with Crippen molar-refractivity contribution < 1.29 is 9.90 Å². The fourth-order valence-electron chi connectivity index (χ4n) is 1.31. The number of carbonyl (C=O) groups excluding carboxylic acids is 1. The highest BCUT2D eigenvalue weighted by Gasteiger charge is 2.13. The molecule has 90 valence electrons. The largest absolute Gasteiger partial charge is 0.384 e. The third-order valence-electron chi connectivity index (χ3n) is 2.52. The lowest BCUT2D eigenvalue weighted by Gasteiger charge is -2.21. The van der Waals surface area contributed by atoms with E-state index in [-0.39, 0.29) is 18.6 Å². The molecule has 0 aliphatic rings. The molecule has 0 fully saturated rings. The van der Waals surface area contributed by atoms with Gasteiger partial charge in [-0.3, -0.25) is 4.79 Å². The standard InChI is InChI=1S/C14H17NO2/c1-11(2)15(3)14(17)13-8-4-6-12(10-13)7-5-9-16/h4,6,8,10-11,16H,9H2,1-3H3. The van der Waals surface area contributed by atoms with Gasteiger partial charge >= 0.3 is 0 Å². The molecule has 3 nitrogen and oxygen atoms in total. The van der Waals surface area contributed by atoms with Crippen LogP contribution in [-0.2, 0) is 0 Å². The summed E-state index contributed by atoms with van der Waals surface area (Å²) >= 11 is 0. The summed E-state index contributed by atoms with van der Waals surface area (Å²) in [6, 6.07) is 7.28. The number of aliphatic hydroxyl groups is 1. The predicted molar refractivity (Wildman–Crippen MR) is 67.6 cm³/mol. The number of nitrogens with zero attached hydrogens (tertiary/aromatic N) is 1. The molecule has 0 spiro atoms. The van der Waals surface area contributed by atoms with Crippen molar-refractivity contribution in [1.82, 2.24) is 4.90 Å². The quantitative estimate of drug-likeness (QED) is 0.784. The van der Waals surface area contributed by atoms with Gasteiger partial charge in [0.05, 0.1) is 0 Å². The van der Waals surface area contributed by atoms with E-state index in [1.165, 1.54) is 0 Å². The molecule has 0 saturated heterocycles. The summed E-state index contributed by atoms with van der Waals surface area (Å²) < 4.78 is 0. The lowest BCUT2D eigenvalue weighted by Crippen LogP contribution is -2.32. The highest BCUT2D eigenvalue weighted by Crippen LogP contribution is 2.08. The van der Waals surface area contributed by atoms with Gasteiger partial charge in [-0.1, -0.05) is 17.9 Å². The van der Waals surface area contributed by atoms with Gasteiger partial charge in [0, 0.05) is 24.2 Å². The van der Waals surface area contributed by atoms with Crippen LogP contribution in [0.3, 0.4) is 0 Å². The van der Waals surface area contributed by atoms with Crippen LogP contribution in [0.2, 0.25) is 0 Å². The molecule has 1 rings (SSSR count). The van der Waals surface area contributed by atoms with E-state index in [1.807, 2.05) is 19.9 Å². The normalized spacial score (nSPS) is 9.71. The molecule has 0 aliphatic heterocycles. The zero-order valence-corrected chi connectivity index (χ0v) is 10.4. The maximum absolute atomic E-state index is 12.0. The summed E-state index contributed by atoms with van der Waals surface area (Å²) in [5.74, 6) is 5.33. The number of rotatable bonds is 2. The number of carbonyl (C=O) groups is 1. The minimum Gasteiger partial charge on any atom is -0.384 e. The molecule has 17 heavy (non-hydrogen) atoms. The average molecular weight is 231 g/mol. The van der Waals surface area contributed by atoms with Crippen LogP contribution in [0.1, 0.15) is 29.8 Å². The molecule has 1 aromatic carbocycles. The molecule has 0 saturated carbocycles. The summed E-state index contributed by atoms with van der Waals surface area (Å²) in [6.45, 7) is 3.75. The summed E-state index contributed by atoms with van der Waals surface area (Å²) in [6.07, 6.45) is 0. The molecule has 1 aromatic rings. The fourth-order valence-corrected chi connectivity index (χ4v) is 1.31. The van der Waals surface area contributed by atoms with Crippen molar-refractivity contribution in [1.29, 1.82) is 0 Å². The van der Waals surface area contributed by atoms with E-state index >= 15 is 0 Å². The van der Waals surface area contributed by atoms with Gasteiger partial charge in [0.15, 0.2) is 0 Å². The minimum atomic E-state index is -0.177. The van der Waals surface area contributed by atoms with Gasteiger partial charge in [0.25, 0.3) is 5.91 Å². The predicted octanol–water partition coefficient (Wildman–Crippen LogP) is 1.51. The summed E-state index contributed by atoms with van der Waals surface area (Å²) in [5.41, 5.74) is 1.35. The van der Waals surface area contributed by atoms with Crippen LogP contribution in [0.5, 0.6) is 0 Å². The molecule has 0 bridgehead atoms. The van der Waals surface area contributed by atoms with Crippen molar-refractivity contribution in [2.75, 3.05) is 13.7 Å². The van der Waals surface area contributed by atoms with Gasteiger partial charge in [-0.15, -0.1) is 0 Å². The number of benzene rings is 1. The van der Waals surface area contributed by atoms with Crippen molar-refractivity contribution >= 4 is 5.91 Å². The second kappa shape index (κ2) is 6.07. The minimum absolute atomic E-state index is 0.0207. The Morgan fingerprint density at radius 1 is 1.47 bits per heavy atom. The Hall–Kier alpha value is -1.79. The Balaban J connectivity index is 2.95. The summed E-state index contributed by atoms with van der Waals surface area (Å²) in [7, 11) is 1.78. The topological polar surface area (TPSA) is 40.5 Å². The van der Waals surface area contributed by atoms with Gasteiger partial charge in [0.1, 0.15) is 6.61 Å². The van der Waals surface area contributed by atoms with Crippen molar-refractivity contribution in [3.05, 3.63) is 35.4 Å². The highest BCUT2D eigenvalue weighted by molar-refractivity contribution is 5.94. The summed E-state index contributed by atoms with van der Waals surface area (Å²) in [5, 5.41) is 8.62. The first kappa shape index (κ1) is 13.3. The van der Waals surface area contributed by atoms with Gasteiger partial charge in [0.2, 0.25) is 0 Å². The maximum atomic E-state index is 12.0. The molecule has 0 aromatic heterocycles. The van der Waals surface area contributed by atoms with E-state index in [0.717, 1.165) is 5.56 Å². The highest BCUT2D eigenvalue weighted by atomic mass is 16.2. The van der Waals surface area contributed by atoms with Crippen molar-refractivity contribution in [2.45, 2.75) is 19.9 Å². The zero-order chi connectivity index (χ0) is 12.8. The van der Waals surface area contributed by atoms with E-state index < -0.39 is 0 Å². The average Bonchev–Trinajstić information content (AvgIpc) is 2.34. The smallest absolute Gasteiger partial charge is 0.253 e. The first-order valence-corrected chi connectivity index (χ1v) is 5.53. The van der Waals surface area contributed by atoms with Crippen LogP contribution in [0, 0.1) is 11.8 Å². The second-order valence-corrected chi connectivity index (χ2v) is 4.05. The van der Waals surface area contributed by atoms with Gasteiger partial charge in [-0.2, -0.15) is 0 Å². The monoisotopic (exact) mass is 231 g/mol. The van der Waals surface area contributed by atoms with Gasteiger partial charge < -0.3 is 10.0 Å². The summed E-state index contributed by atoms with van der Waals surface area (Å²) in [4.78, 5) is 13.7. The lowest BCUT2D eigenvalue weighted by atomic mass is 10.1. The van der Waals surface area contributed by atoms with E-state index in [1.54, 1.807) is 30.1 Å². The number of hydrogen-bond acceptors (Lipinski definition) is 2. The van der Waals surface area contributed by atoms with Crippen LogP contribution in [0.15, 0.2) is 24.3 Å². The molecule has 0 unspecified atom stereocenters. The molecule has 0 radical (unpaired) electrons. The van der Waals surface area contributed by atoms with Gasteiger partial charge in [-0.05, 0) is 32.0 Å². The third-order valence-corrected chi connectivity index (χ3v) is 2.52. The van der Waals surface area contributed by atoms with Crippen LogP contribution in [0.4, 0.5) is 0 Å². The van der Waals surface area contributed by atoms with Crippen molar-refractivity contribution in [2.24, 2.45) is 0 Å². The van der Waals surface area contributed by atoms with E-state index in [0.29, 0.717) is 5.56 Å².